The predicted molar refractivity (Wildman–Crippen MR) is 126 cm³/mol. The van der Waals surface area contributed by atoms with Crippen molar-refractivity contribution in [3.8, 4) is 0 Å². The third-order valence-corrected chi connectivity index (χ3v) is 5.61. The first-order valence-electron chi connectivity index (χ1n) is 10.8. The fraction of sp³-hybridized carbons (Fsp3) is 0.370. The van der Waals surface area contributed by atoms with Crippen LogP contribution in [0.4, 0.5) is 18.9 Å². The maximum atomic E-state index is 12.6. The average Bonchev–Trinajstić information content (AvgIpc) is 2.66. The van der Waals surface area contributed by atoms with E-state index in [-0.39, 0.29) is 5.41 Å². The lowest BCUT2D eigenvalue weighted by Gasteiger charge is -2.32. The van der Waals surface area contributed by atoms with E-state index in [0.717, 1.165) is 29.7 Å². The number of rotatable bonds is 6. The Morgan fingerprint density at radius 1 is 1.06 bits per heavy atom. The van der Waals surface area contributed by atoms with E-state index in [0.29, 0.717) is 5.69 Å². The molecule has 0 aliphatic heterocycles. The molecule has 5 heteroatoms. The van der Waals surface area contributed by atoms with Crippen LogP contribution >= 0.6 is 0 Å². The van der Waals surface area contributed by atoms with Gasteiger partial charge in [-0.15, -0.1) is 0 Å². The van der Waals surface area contributed by atoms with Crippen LogP contribution in [0, 0.1) is 5.41 Å². The van der Waals surface area contributed by atoms with Gasteiger partial charge in [-0.05, 0) is 80.9 Å². The number of hydrogen-bond acceptors (Lipinski definition) is 1. The Morgan fingerprint density at radius 3 is 2.31 bits per heavy atom. The van der Waals surface area contributed by atoms with Crippen LogP contribution in [-0.4, -0.2) is 5.91 Å². The maximum Gasteiger partial charge on any atom is 0.416 e. The molecule has 0 saturated heterocycles. The second-order valence-electron chi connectivity index (χ2n) is 8.99. The first kappa shape index (κ1) is 25.4. The molecule has 0 saturated carbocycles. The average molecular weight is 444 g/mol. The number of allylic oxidation sites excluding steroid dienone is 9. The van der Waals surface area contributed by atoms with Gasteiger partial charge in [-0.25, -0.2) is 0 Å². The third-order valence-electron chi connectivity index (χ3n) is 5.61. The summed E-state index contributed by atoms with van der Waals surface area (Å²) in [5.41, 5.74) is 4.47. The minimum atomic E-state index is -4.40. The van der Waals surface area contributed by atoms with Gasteiger partial charge in [0.05, 0.1) is 5.56 Å². The molecule has 0 radical (unpaired) electrons. The molecule has 1 aliphatic rings. The molecule has 0 heterocycles. The second-order valence-corrected chi connectivity index (χ2v) is 8.99. The van der Waals surface area contributed by atoms with Crippen molar-refractivity contribution >= 4 is 11.6 Å². The summed E-state index contributed by atoms with van der Waals surface area (Å²) in [6, 6.07) is 4.37. The molecule has 0 spiro atoms. The number of halogens is 3. The number of nitrogens with one attached hydrogen (secondary N) is 1. The van der Waals surface area contributed by atoms with Gasteiger partial charge in [0.1, 0.15) is 0 Å². The molecule has 172 valence electrons. The SMILES string of the molecule is CC1=C(/C=C/C(C)=C/C=C/C(C)=C/C(=O)Nc2ccc(C(F)(F)F)cc2)C(C)(C)CCC1. The zero-order valence-corrected chi connectivity index (χ0v) is 19.4. The smallest absolute Gasteiger partial charge is 0.323 e. The minimum Gasteiger partial charge on any atom is -0.323 e. The predicted octanol–water partition coefficient (Wildman–Crippen LogP) is 8.18. The molecule has 1 aromatic rings. The van der Waals surface area contributed by atoms with E-state index in [1.807, 2.05) is 25.2 Å². The quantitative estimate of drug-likeness (QED) is 0.349. The van der Waals surface area contributed by atoms with Crippen LogP contribution in [0.3, 0.4) is 0 Å². The molecule has 32 heavy (non-hydrogen) atoms. The first-order chi connectivity index (χ1) is 14.9. The van der Waals surface area contributed by atoms with E-state index in [1.165, 1.54) is 42.2 Å². The van der Waals surface area contributed by atoms with Gasteiger partial charge in [0.15, 0.2) is 0 Å². The number of carbonyl (C=O) groups excluding carboxylic acids is 1. The van der Waals surface area contributed by atoms with Gasteiger partial charge in [0.2, 0.25) is 5.91 Å². The Labute approximate surface area is 189 Å². The molecule has 1 N–H and O–H groups in total. The van der Waals surface area contributed by atoms with Crippen LogP contribution in [0.25, 0.3) is 0 Å². The van der Waals surface area contributed by atoms with Crippen molar-refractivity contribution in [3.05, 3.63) is 88.6 Å². The van der Waals surface area contributed by atoms with Crippen LogP contribution in [0.1, 0.15) is 59.4 Å². The van der Waals surface area contributed by atoms with Gasteiger partial charge in [0, 0.05) is 11.8 Å². The van der Waals surface area contributed by atoms with Crippen molar-refractivity contribution in [1.29, 1.82) is 0 Å². The highest BCUT2D eigenvalue weighted by molar-refractivity contribution is 5.99. The molecule has 1 aliphatic carbocycles. The molecule has 0 atom stereocenters. The van der Waals surface area contributed by atoms with E-state index in [1.54, 1.807) is 6.92 Å². The van der Waals surface area contributed by atoms with Crippen LogP contribution in [0.15, 0.2) is 83.0 Å². The lowest BCUT2D eigenvalue weighted by atomic mass is 9.72. The first-order valence-corrected chi connectivity index (χ1v) is 10.8. The largest absolute Gasteiger partial charge is 0.416 e. The number of hydrogen-bond donors (Lipinski definition) is 1. The van der Waals surface area contributed by atoms with Crippen molar-refractivity contribution in [2.45, 2.75) is 60.1 Å². The summed E-state index contributed by atoms with van der Waals surface area (Å²) in [6.07, 6.45) is 10.6. The summed E-state index contributed by atoms with van der Waals surface area (Å²) in [4.78, 5) is 12.1. The molecular formula is C27H32F3NO. The topological polar surface area (TPSA) is 29.1 Å². The minimum absolute atomic E-state index is 0.203. The van der Waals surface area contributed by atoms with Crippen molar-refractivity contribution in [3.63, 3.8) is 0 Å². The maximum absolute atomic E-state index is 12.6. The molecule has 0 bridgehead atoms. The fourth-order valence-corrected chi connectivity index (χ4v) is 3.81. The van der Waals surface area contributed by atoms with Gasteiger partial charge in [-0.3, -0.25) is 4.79 Å². The van der Waals surface area contributed by atoms with E-state index >= 15 is 0 Å². The van der Waals surface area contributed by atoms with Crippen molar-refractivity contribution in [2.75, 3.05) is 5.32 Å². The Balaban J connectivity index is 1.96. The van der Waals surface area contributed by atoms with Gasteiger partial charge < -0.3 is 5.32 Å². The molecule has 1 aromatic carbocycles. The van der Waals surface area contributed by atoms with E-state index < -0.39 is 17.6 Å². The van der Waals surface area contributed by atoms with Gasteiger partial charge in [0.25, 0.3) is 0 Å². The highest BCUT2D eigenvalue weighted by Gasteiger charge is 2.30. The lowest BCUT2D eigenvalue weighted by molar-refractivity contribution is -0.137. The number of alkyl halides is 3. The Morgan fingerprint density at radius 2 is 1.72 bits per heavy atom. The Hall–Kier alpha value is -2.82. The second kappa shape index (κ2) is 10.7. The van der Waals surface area contributed by atoms with Gasteiger partial charge >= 0.3 is 6.18 Å². The number of carbonyl (C=O) groups is 1. The summed E-state index contributed by atoms with van der Waals surface area (Å²) >= 11 is 0. The normalized spacial score (nSPS) is 18.0. The van der Waals surface area contributed by atoms with Gasteiger partial charge in [-0.1, -0.05) is 55.4 Å². The van der Waals surface area contributed by atoms with Gasteiger partial charge in [-0.2, -0.15) is 13.2 Å². The summed E-state index contributed by atoms with van der Waals surface area (Å²) in [5, 5.41) is 2.57. The zero-order valence-electron chi connectivity index (χ0n) is 19.4. The van der Waals surface area contributed by atoms with Crippen molar-refractivity contribution in [1.82, 2.24) is 0 Å². The van der Waals surface area contributed by atoms with Crippen LogP contribution in [0.2, 0.25) is 0 Å². The van der Waals surface area contributed by atoms with Crippen LogP contribution in [0.5, 0.6) is 0 Å². The zero-order chi connectivity index (χ0) is 23.9. The summed E-state index contributed by atoms with van der Waals surface area (Å²) in [5.74, 6) is -0.394. The van der Waals surface area contributed by atoms with E-state index in [4.69, 9.17) is 0 Å². The summed E-state index contributed by atoms with van der Waals surface area (Å²) in [6.45, 7) is 10.6. The highest BCUT2D eigenvalue weighted by atomic mass is 19.4. The van der Waals surface area contributed by atoms with Crippen LogP contribution in [-0.2, 0) is 11.0 Å². The molecule has 1 amide bonds. The Bertz CT molecular complexity index is 971. The molecular weight excluding hydrogens is 411 g/mol. The monoisotopic (exact) mass is 443 g/mol. The fourth-order valence-electron chi connectivity index (χ4n) is 3.81. The number of benzene rings is 1. The molecule has 2 rings (SSSR count). The van der Waals surface area contributed by atoms with E-state index in [9.17, 15) is 18.0 Å². The molecule has 0 fully saturated rings. The molecule has 0 unspecified atom stereocenters. The lowest BCUT2D eigenvalue weighted by Crippen LogP contribution is -2.19. The third kappa shape index (κ3) is 7.70. The Kier molecular flexibility index (Phi) is 8.48. The molecule has 0 aromatic heterocycles. The standard InChI is InChI=1S/C27H32F3NO/c1-19(11-16-24-21(3)10-7-17-26(24,4)5)8-6-9-20(2)18-25(32)31-23-14-12-22(13-15-23)27(28,29)30/h6,8-9,11-16,18H,7,10,17H2,1-5H3,(H,31,32)/b9-6+,16-11+,19-8+,20-18+. The number of anilines is 1. The van der Waals surface area contributed by atoms with Crippen molar-refractivity contribution in [2.24, 2.45) is 5.41 Å². The summed E-state index contributed by atoms with van der Waals surface area (Å²) in [7, 11) is 0. The highest BCUT2D eigenvalue weighted by Crippen LogP contribution is 2.40. The van der Waals surface area contributed by atoms with E-state index in [2.05, 4.69) is 38.2 Å². The number of amides is 1. The molecule has 2 nitrogen and oxygen atoms in total. The summed E-state index contributed by atoms with van der Waals surface area (Å²) < 4.78 is 37.8. The van der Waals surface area contributed by atoms with Crippen LogP contribution < -0.4 is 5.32 Å². The van der Waals surface area contributed by atoms with Crippen molar-refractivity contribution < 1.29 is 18.0 Å².